The predicted molar refractivity (Wildman–Crippen MR) is 126 cm³/mol. The van der Waals surface area contributed by atoms with E-state index in [9.17, 15) is 19.7 Å². The van der Waals surface area contributed by atoms with Crippen LogP contribution in [0.4, 0.5) is 5.69 Å². The summed E-state index contributed by atoms with van der Waals surface area (Å²) in [4.78, 5) is 38.8. The molecule has 1 heterocycles. The third-order valence-electron chi connectivity index (χ3n) is 5.32. The summed E-state index contributed by atoms with van der Waals surface area (Å²) in [7, 11) is 1.52. The Kier molecular flexibility index (Phi) is 8.36. The average molecular weight is 466 g/mol. The van der Waals surface area contributed by atoms with Gasteiger partial charge in [-0.15, -0.1) is 0 Å². The Bertz CT molecular complexity index is 1140. The molecule has 0 aliphatic rings. The van der Waals surface area contributed by atoms with Crippen molar-refractivity contribution in [2.45, 2.75) is 25.7 Å². The van der Waals surface area contributed by atoms with Gasteiger partial charge < -0.3 is 15.0 Å². The second kappa shape index (κ2) is 11.6. The molecule has 3 rings (SSSR count). The summed E-state index contributed by atoms with van der Waals surface area (Å²) in [5, 5.41) is 23.5. The highest BCUT2D eigenvalue weighted by molar-refractivity contribution is 6.04. The van der Waals surface area contributed by atoms with E-state index in [4.69, 9.17) is 9.94 Å². The number of carbonyl (C=O) groups excluding carboxylic acids is 2. The van der Waals surface area contributed by atoms with Gasteiger partial charge in [-0.25, -0.2) is 5.48 Å². The fraction of sp³-hybridized carbons (Fsp3) is 0.250. The number of amides is 2. The molecule has 0 aliphatic heterocycles. The van der Waals surface area contributed by atoms with E-state index in [2.05, 4.69) is 10.3 Å². The molecule has 4 N–H and O–H groups in total. The fourth-order valence-electron chi connectivity index (χ4n) is 3.63. The zero-order chi connectivity index (χ0) is 24.5. The van der Waals surface area contributed by atoms with Crippen molar-refractivity contribution in [1.82, 2.24) is 15.8 Å². The lowest BCUT2D eigenvalue weighted by Crippen LogP contribution is -2.25. The predicted octanol–water partition coefficient (Wildman–Crippen LogP) is 4.06. The fourth-order valence-corrected chi connectivity index (χ4v) is 3.63. The number of nitrogens with one attached hydrogen (secondary N) is 3. The van der Waals surface area contributed by atoms with E-state index in [1.54, 1.807) is 60.1 Å². The maximum atomic E-state index is 13.1. The molecule has 2 aromatic carbocycles. The minimum atomic E-state index is -0.485. The van der Waals surface area contributed by atoms with Gasteiger partial charge in [-0.2, -0.15) is 0 Å². The van der Waals surface area contributed by atoms with Gasteiger partial charge in [0.15, 0.2) is 0 Å². The zero-order valence-electron chi connectivity index (χ0n) is 18.7. The molecular formula is C24H26N4O6. The second-order valence-corrected chi connectivity index (χ2v) is 7.55. The van der Waals surface area contributed by atoms with Gasteiger partial charge in [0.2, 0.25) is 5.91 Å². The molecule has 178 valence electrons. The molecule has 3 aromatic rings. The molecule has 0 fully saturated rings. The minimum Gasteiger partial charge on any atom is -0.497 e. The van der Waals surface area contributed by atoms with E-state index in [0.29, 0.717) is 42.7 Å². The standard InChI is InChI=1S/C24H26N4O6/c1-34-18-13-11-16(12-14-18)20-22(24(30)25-15-7-3-6-10-19(29)27-31)26-21(23(20)28(32)33)17-8-4-2-5-9-17/h2,4-5,8-9,11-14,26,31H,3,6-7,10,15H2,1H3,(H,25,30)(H,27,29). The van der Waals surface area contributed by atoms with E-state index in [-0.39, 0.29) is 29.1 Å². The first-order valence-electron chi connectivity index (χ1n) is 10.8. The number of nitro groups is 1. The SMILES string of the molecule is COc1ccc(-c2c(C(=O)NCCCCCC(=O)NO)[nH]c(-c3ccccc3)c2[N+](=O)[O-])cc1. The van der Waals surface area contributed by atoms with Gasteiger partial charge in [0.1, 0.15) is 17.1 Å². The molecule has 0 aliphatic carbocycles. The molecule has 0 bridgehead atoms. The molecular weight excluding hydrogens is 440 g/mol. The van der Waals surface area contributed by atoms with Gasteiger partial charge in [-0.1, -0.05) is 48.9 Å². The van der Waals surface area contributed by atoms with Crippen molar-refractivity contribution in [2.24, 2.45) is 0 Å². The van der Waals surface area contributed by atoms with Crippen LogP contribution in [-0.4, -0.2) is 40.6 Å². The number of methoxy groups -OCH3 is 1. The number of hydrogen-bond donors (Lipinski definition) is 4. The third-order valence-corrected chi connectivity index (χ3v) is 5.32. The summed E-state index contributed by atoms with van der Waals surface area (Å²) in [5.41, 5.74) is 3.03. The summed E-state index contributed by atoms with van der Waals surface area (Å²) in [6.45, 7) is 0.328. The normalized spacial score (nSPS) is 10.5. The molecule has 34 heavy (non-hydrogen) atoms. The number of H-pyrrole nitrogens is 1. The van der Waals surface area contributed by atoms with Gasteiger partial charge >= 0.3 is 5.69 Å². The van der Waals surface area contributed by atoms with Crippen molar-refractivity contribution in [3.05, 3.63) is 70.4 Å². The first kappa shape index (κ1) is 24.5. The monoisotopic (exact) mass is 466 g/mol. The molecule has 1 aromatic heterocycles. The number of unbranched alkanes of at least 4 members (excludes halogenated alkanes) is 2. The van der Waals surface area contributed by atoms with Crippen LogP contribution in [0, 0.1) is 10.1 Å². The van der Waals surface area contributed by atoms with E-state index < -0.39 is 16.7 Å². The Morgan fingerprint density at radius 2 is 1.74 bits per heavy atom. The first-order valence-corrected chi connectivity index (χ1v) is 10.8. The third kappa shape index (κ3) is 5.78. The highest BCUT2D eigenvalue weighted by Crippen LogP contribution is 2.41. The number of carbonyl (C=O) groups is 2. The number of hydrogen-bond acceptors (Lipinski definition) is 6. The lowest BCUT2D eigenvalue weighted by molar-refractivity contribution is -0.383. The molecule has 0 spiro atoms. The maximum absolute atomic E-state index is 13.1. The number of ether oxygens (including phenoxy) is 1. The number of nitrogens with zero attached hydrogens (tertiary/aromatic N) is 1. The summed E-state index contributed by atoms with van der Waals surface area (Å²) in [6.07, 6.45) is 2.02. The van der Waals surface area contributed by atoms with E-state index >= 15 is 0 Å². The molecule has 10 heteroatoms. The van der Waals surface area contributed by atoms with Crippen molar-refractivity contribution < 1.29 is 24.5 Å². The van der Waals surface area contributed by atoms with E-state index in [1.807, 2.05) is 0 Å². The number of aromatic nitrogens is 1. The molecule has 0 saturated heterocycles. The Labute approximate surface area is 196 Å². The molecule has 0 saturated carbocycles. The van der Waals surface area contributed by atoms with Crippen LogP contribution in [0.5, 0.6) is 5.75 Å². The number of hydroxylamine groups is 1. The van der Waals surface area contributed by atoms with Crippen molar-refractivity contribution in [1.29, 1.82) is 0 Å². The van der Waals surface area contributed by atoms with Crippen molar-refractivity contribution in [3.63, 3.8) is 0 Å². The molecule has 2 amide bonds. The maximum Gasteiger partial charge on any atom is 0.303 e. The van der Waals surface area contributed by atoms with Crippen LogP contribution in [-0.2, 0) is 4.79 Å². The summed E-state index contributed by atoms with van der Waals surface area (Å²) >= 11 is 0. The van der Waals surface area contributed by atoms with Crippen LogP contribution in [0.15, 0.2) is 54.6 Å². The van der Waals surface area contributed by atoms with Crippen molar-refractivity contribution in [2.75, 3.05) is 13.7 Å². The Morgan fingerprint density at radius 3 is 2.35 bits per heavy atom. The number of rotatable bonds is 11. The Balaban J connectivity index is 1.91. The van der Waals surface area contributed by atoms with E-state index in [0.717, 1.165) is 0 Å². The Morgan fingerprint density at radius 1 is 1.03 bits per heavy atom. The zero-order valence-corrected chi connectivity index (χ0v) is 18.7. The van der Waals surface area contributed by atoms with Crippen molar-refractivity contribution in [3.8, 4) is 28.1 Å². The van der Waals surface area contributed by atoms with Gasteiger partial charge in [0.25, 0.3) is 5.91 Å². The lowest BCUT2D eigenvalue weighted by Gasteiger charge is -2.07. The van der Waals surface area contributed by atoms with Crippen LogP contribution in [0.3, 0.4) is 0 Å². The van der Waals surface area contributed by atoms with Crippen molar-refractivity contribution >= 4 is 17.5 Å². The van der Waals surface area contributed by atoms with Crippen LogP contribution >= 0.6 is 0 Å². The van der Waals surface area contributed by atoms with Gasteiger partial charge in [0, 0.05) is 18.5 Å². The van der Waals surface area contributed by atoms with Gasteiger partial charge in [-0.05, 0) is 30.5 Å². The Hall–Kier alpha value is -4.18. The molecule has 10 nitrogen and oxygen atoms in total. The molecule has 0 atom stereocenters. The van der Waals surface area contributed by atoms with Gasteiger partial charge in [-0.3, -0.25) is 24.9 Å². The minimum absolute atomic E-state index is 0.0929. The number of benzene rings is 2. The highest BCUT2D eigenvalue weighted by Gasteiger charge is 2.31. The lowest BCUT2D eigenvalue weighted by atomic mass is 10.0. The number of aromatic amines is 1. The molecule has 0 unspecified atom stereocenters. The summed E-state index contributed by atoms with van der Waals surface area (Å²) < 4.78 is 5.18. The van der Waals surface area contributed by atoms with Crippen LogP contribution in [0.2, 0.25) is 0 Å². The topological polar surface area (TPSA) is 147 Å². The summed E-state index contributed by atoms with van der Waals surface area (Å²) in [6, 6.07) is 15.5. The molecule has 0 radical (unpaired) electrons. The van der Waals surface area contributed by atoms with Crippen LogP contribution in [0.1, 0.15) is 36.2 Å². The van der Waals surface area contributed by atoms with Crippen LogP contribution in [0.25, 0.3) is 22.4 Å². The largest absolute Gasteiger partial charge is 0.497 e. The second-order valence-electron chi connectivity index (χ2n) is 7.55. The van der Waals surface area contributed by atoms with Crippen LogP contribution < -0.4 is 15.5 Å². The quantitative estimate of drug-likeness (QED) is 0.145. The smallest absolute Gasteiger partial charge is 0.303 e. The van der Waals surface area contributed by atoms with E-state index in [1.165, 1.54) is 7.11 Å². The highest BCUT2D eigenvalue weighted by atomic mass is 16.6. The summed E-state index contributed by atoms with van der Waals surface area (Å²) in [5.74, 6) is -0.337. The average Bonchev–Trinajstić information content (AvgIpc) is 3.27. The first-order chi connectivity index (χ1) is 16.5. The van der Waals surface area contributed by atoms with Gasteiger partial charge in [0.05, 0.1) is 17.6 Å².